The minimum atomic E-state index is -4.99. The molecule has 4 rings (SSSR count). The summed E-state index contributed by atoms with van der Waals surface area (Å²) in [5.41, 5.74) is 2.16. The average molecular weight is 520 g/mol. The first-order valence-corrected chi connectivity index (χ1v) is 11.2. The third-order valence-corrected chi connectivity index (χ3v) is 6.34. The number of nitrogens with two attached hydrogens (primary N) is 1. The van der Waals surface area contributed by atoms with E-state index in [1.807, 2.05) is 0 Å². The highest BCUT2D eigenvalue weighted by molar-refractivity contribution is 5.86. The van der Waals surface area contributed by atoms with Crippen molar-refractivity contribution in [1.29, 1.82) is 0 Å². The number of anilines is 3. The molecule has 2 aliphatic rings. The lowest BCUT2D eigenvalue weighted by Crippen LogP contribution is -2.56. The van der Waals surface area contributed by atoms with E-state index in [1.165, 1.54) is 0 Å². The van der Waals surface area contributed by atoms with Crippen LogP contribution >= 0.6 is 0 Å². The zero-order valence-corrected chi connectivity index (χ0v) is 18.8. The minimum Gasteiger partial charge on any atom is -0.381 e. The Morgan fingerprint density at radius 3 is 2.22 bits per heavy atom. The summed E-state index contributed by atoms with van der Waals surface area (Å²) in [6.07, 6.45) is -6.93. The van der Waals surface area contributed by atoms with E-state index < -0.39 is 46.9 Å². The van der Waals surface area contributed by atoms with E-state index in [9.17, 15) is 35.5 Å². The summed E-state index contributed by atoms with van der Waals surface area (Å²) >= 11 is 0. The van der Waals surface area contributed by atoms with Crippen LogP contribution in [-0.2, 0) is 17.1 Å². The second-order valence-electron chi connectivity index (χ2n) is 8.80. The van der Waals surface area contributed by atoms with E-state index in [0.29, 0.717) is 44.5 Å². The molecule has 2 unspecified atom stereocenters. The van der Waals surface area contributed by atoms with Crippen LogP contribution in [-0.4, -0.2) is 52.5 Å². The van der Waals surface area contributed by atoms with E-state index in [1.54, 1.807) is 9.80 Å². The highest BCUT2D eigenvalue weighted by Gasteiger charge is 2.39. The van der Waals surface area contributed by atoms with Gasteiger partial charge in [-0.15, -0.1) is 0 Å². The molecule has 0 bridgehead atoms. The predicted molar refractivity (Wildman–Crippen MR) is 116 cm³/mol. The topological polar surface area (TPSA) is 87.4 Å². The number of likely N-dealkylation sites (tertiary alicyclic amines) is 1. The van der Waals surface area contributed by atoms with Gasteiger partial charge in [0, 0.05) is 31.4 Å². The normalized spacial score (nSPS) is 21.6. The number of alkyl halides is 6. The third kappa shape index (κ3) is 5.41. The highest BCUT2D eigenvalue weighted by Crippen LogP contribution is 2.38. The van der Waals surface area contributed by atoms with Gasteiger partial charge in [-0.1, -0.05) is 0 Å². The lowest BCUT2D eigenvalue weighted by Gasteiger charge is -2.43. The van der Waals surface area contributed by atoms with E-state index >= 15 is 0 Å². The number of halogens is 7. The molecular formula is C22H23F7N6O. The van der Waals surface area contributed by atoms with E-state index in [0.717, 1.165) is 6.33 Å². The number of benzene rings is 1. The fourth-order valence-electron chi connectivity index (χ4n) is 4.63. The Balaban J connectivity index is 1.53. The van der Waals surface area contributed by atoms with Crippen LogP contribution in [0.25, 0.3) is 0 Å². The van der Waals surface area contributed by atoms with E-state index in [4.69, 9.17) is 5.73 Å². The predicted octanol–water partition coefficient (Wildman–Crippen LogP) is 4.31. The van der Waals surface area contributed by atoms with E-state index in [2.05, 4.69) is 15.3 Å². The van der Waals surface area contributed by atoms with Crippen LogP contribution in [0.4, 0.5) is 48.1 Å². The van der Waals surface area contributed by atoms with Crippen LogP contribution in [0.2, 0.25) is 0 Å². The number of amides is 1. The summed E-state index contributed by atoms with van der Waals surface area (Å²) in [4.78, 5) is 24.0. The standard InChI is InChI=1S/C22H23F7N6O/c23-17-18(30)31-11-32-19(17)34-5-1-3-15(10-34)35-6-2-4-16(20(35)36)33-14-8-12(21(24,25)26)7-13(9-14)22(27,28)29/h7-9,11,15-16,33H,1-6,10H2,(H2,30,31,32). The molecule has 0 saturated carbocycles. The van der Waals surface area contributed by atoms with Crippen LogP contribution < -0.4 is 16.0 Å². The summed E-state index contributed by atoms with van der Waals surface area (Å²) in [5.74, 6) is -1.51. The average Bonchev–Trinajstić information content (AvgIpc) is 2.81. The highest BCUT2D eigenvalue weighted by atomic mass is 19.4. The number of nitrogens with one attached hydrogen (secondary N) is 1. The fraction of sp³-hybridized carbons (Fsp3) is 0.500. The van der Waals surface area contributed by atoms with Gasteiger partial charge in [-0.25, -0.2) is 9.97 Å². The third-order valence-electron chi connectivity index (χ3n) is 6.34. The zero-order valence-electron chi connectivity index (χ0n) is 18.8. The molecule has 0 aliphatic carbocycles. The quantitative estimate of drug-likeness (QED) is 0.585. The molecule has 0 radical (unpaired) electrons. The Labute approximate surface area is 201 Å². The number of aromatic nitrogens is 2. The molecule has 2 aliphatic heterocycles. The Morgan fingerprint density at radius 2 is 1.58 bits per heavy atom. The van der Waals surface area contributed by atoms with Gasteiger partial charge in [0.1, 0.15) is 12.4 Å². The van der Waals surface area contributed by atoms with E-state index in [-0.39, 0.29) is 36.7 Å². The molecule has 3 heterocycles. The van der Waals surface area contributed by atoms with Crippen molar-refractivity contribution in [3.63, 3.8) is 0 Å². The maximum absolute atomic E-state index is 14.4. The van der Waals surface area contributed by atoms with Gasteiger partial charge in [-0.2, -0.15) is 30.7 Å². The Hall–Kier alpha value is -3.32. The number of carbonyl (C=O) groups excluding carboxylic acids is 1. The molecule has 2 atom stereocenters. The number of carbonyl (C=O) groups is 1. The Morgan fingerprint density at radius 1 is 0.944 bits per heavy atom. The molecule has 2 saturated heterocycles. The smallest absolute Gasteiger partial charge is 0.381 e. The summed E-state index contributed by atoms with van der Waals surface area (Å²) in [5, 5.41) is 2.58. The molecule has 7 nitrogen and oxygen atoms in total. The molecule has 196 valence electrons. The summed E-state index contributed by atoms with van der Waals surface area (Å²) in [6, 6.07) is -0.197. The van der Waals surface area contributed by atoms with Crippen molar-refractivity contribution in [1.82, 2.24) is 14.9 Å². The van der Waals surface area contributed by atoms with Gasteiger partial charge in [-0.05, 0) is 43.9 Å². The van der Waals surface area contributed by atoms with Crippen molar-refractivity contribution in [3.05, 3.63) is 41.5 Å². The number of piperidine rings is 2. The van der Waals surface area contributed by atoms with Crippen molar-refractivity contribution >= 4 is 23.2 Å². The number of rotatable bonds is 4. The van der Waals surface area contributed by atoms with Crippen LogP contribution in [0.5, 0.6) is 0 Å². The van der Waals surface area contributed by atoms with Crippen LogP contribution in [0.3, 0.4) is 0 Å². The lowest BCUT2D eigenvalue weighted by molar-refractivity contribution is -0.143. The SMILES string of the molecule is Nc1ncnc(N2CCCC(N3CCCC(Nc4cc(C(F)(F)F)cc(C(F)(F)F)c4)C3=O)C2)c1F. The molecule has 1 aromatic carbocycles. The Kier molecular flexibility index (Phi) is 6.88. The van der Waals surface area contributed by atoms with Gasteiger partial charge in [0.15, 0.2) is 11.6 Å². The molecule has 2 fully saturated rings. The van der Waals surface area contributed by atoms with Crippen LogP contribution in [0.1, 0.15) is 36.8 Å². The van der Waals surface area contributed by atoms with Crippen LogP contribution in [0.15, 0.2) is 24.5 Å². The molecule has 14 heteroatoms. The second-order valence-corrected chi connectivity index (χ2v) is 8.80. The maximum atomic E-state index is 14.4. The Bertz CT molecular complexity index is 1090. The second kappa shape index (κ2) is 9.62. The first-order valence-electron chi connectivity index (χ1n) is 11.2. The molecule has 1 aromatic heterocycles. The van der Waals surface area contributed by atoms with Gasteiger partial charge in [-0.3, -0.25) is 4.79 Å². The van der Waals surface area contributed by atoms with Gasteiger partial charge in [0.05, 0.1) is 11.1 Å². The molecule has 0 spiro atoms. The number of hydrogen-bond donors (Lipinski definition) is 2. The number of nitrogens with zero attached hydrogens (tertiary/aromatic N) is 4. The molecular weight excluding hydrogens is 497 g/mol. The first kappa shape index (κ1) is 25.8. The van der Waals surface area contributed by atoms with Gasteiger partial charge in [0.25, 0.3) is 0 Å². The molecule has 2 aromatic rings. The summed E-state index contributed by atoms with van der Waals surface area (Å²) < 4.78 is 93.7. The van der Waals surface area contributed by atoms with Gasteiger partial charge < -0.3 is 20.9 Å². The van der Waals surface area contributed by atoms with Crippen molar-refractivity contribution in [2.24, 2.45) is 0 Å². The van der Waals surface area contributed by atoms with Crippen molar-refractivity contribution in [3.8, 4) is 0 Å². The molecule has 1 amide bonds. The van der Waals surface area contributed by atoms with Crippen molar-refractivity contribution in [2.45, 2.75) is 50.1 Å². The lowest BCUT2D eigenvalue weighted by atomic mass is 9.97. The van der Waals surface area contributed by atoms with Crippen molar-refractivity contribution in [2.75, 3.05) is 35.6 Å². The molecule has 3 N–H and O–H groups in total. The number of nitrogen functional groups attached to an aromatic ring is 1. The number of hydrogen-bond acceptors (Lipinski definition) is 6. The summed E-state index contributed by atoms with van der Waals surface area (Å²) in [7, 11) is 0. The largest absolute Gasteiger partial charge is 0.416 e. The first-order chi connectivity index (χ1) is 16.8. The fourth-order valence-corrected chi connectivity index (χ4v) is 4.63. The van der Waals surface area contributed by atoms with Crippen LogP contribution in [0, 0.1) is 5.82 Å². The monoisotopic (exact) mass is 520 g/mol. The van der Waals surface area contributed by atoms with Crippen molar-refractivity contribution < 1.29 is 35.5 Å². The minimum absolute atomic E-state index is 0.00924. The summed E-state index contributed by atoms with van der Waals surface area (Å²) in [6.45, 7) is 1.08. The van der Waals surface area contributed by atoms with Gasteiger partial charge >= 0.3 is 12.4 Å². The molecule has 36 heavy (non-hydrogen) atoms. The van der Waals surface area contributed by atoms with Gasteiger partial charge in [0.2, 0.25) is 11.7 Å². The zero-order chi connectivity index (χ0) is 26.3. The maximum Gasteiger partial charge on any atom is 0.416 e.